The van der Waals surface area contributed by atoms with Crippen LogP contribution in [0.3, 0.4) is 0 Å². The van der Waals surface area contributed by atoms with Crippen molar-refractivity contribution in [2.45, 2.75) is 13.5 Å². The van der Waals surface area contributed by atoms with Crippen LogP contribution in [0.25, 0.3) is 0 Å². The number of nitrogens with zero attached hydrogens (tertiary/aromatic N) is 3. The SMILES string of the molecule is CCN(C)C(=O)NCc1ncn[nH]1. The van der Waals surface area contributed by atoms with Gasteiger partial charge in [-0.2, -0.15) is 5.10 Å². The second-order valence-electron chi connectivity index (χ2n) is 2.61. The average molecular weight is 183 g/mol. The van der Waals surface area contributed by atoms with E-state index in [1.165, 1.54) is 6.33 Å². The molecule has 0 unspecified atom stereocenters. The molecule has 1 aromatic heterocycles. The minimum absolute atomic E-state index is 0.112. The zero-order valence-electron chi connectivity index (χ0n) is 7.74. The van der Waals surface area contributed by atoms with Crippen LogP contribution < -0.4 is 5.32 Å². The molecule has 6 nitrogen and oxygen atoms in total. The molecule has 1 rings (SSSR count). The maximum Gasteiger partial charge on any atom is 0.317 e. The summed E-state index contributed by atoms with van der Waals surface area (Å²) in [5.41, 5.74) is 0. The Kier molecular flexibility index (Phi) is 3.24. The van der Waals surface area contributed by atoms with Crippen molar-refractivity contribution in [3.8, 4) is 0 Å². The van der Waals surface area contributed by atoms with Crippen molar-refractivity contribution in [2.75, 3.05) is 13.6 Å². The number of hydrogen-bond acceptors (Lipinski definition) is 3. The molecule has 0 spiro atoms. The number of urea groups is 1. The summed E-state index contributed by atoms with van der Waals surface area (Å²) in [5.74, 6) is 0.651. The average Bonchev–Trinajstić information content (AvgIpc) is 2.65. The van der Waals surface area contributed by atoms with E-state index >= 15 is 0 Å². The van der Waals surface area contributed by atoms with Crippen LogP contribution in [0.2, 0.25) is 0 Å². The number of hydrogen-bond donors (Lipinski definition) is 2. The standard InChI is InChI=1S/C7H13N5O/c1-3-12(2)7(13)8-4-6-9-5-10-11-6/h5H,3-4H2,1-2H3,(H,8,13)(H,9,10,11). The molecular weight excluding hydrogens is 170 g/mol. The van der Waals surface area contributed by atoms with E-state index in [1.807, 2.05) is 6.92 Å². The van der Waals surface area contributed by atoms with Crippen LogP contribution in [0.1, 0.15) is 12.7 Å². The normalized spacial score (nSPS) is 9.69. The number of carbonyl (C=O) groups is 1. The number of aromatic nitrogens is 3. The van der Waals surface area contributed by atoms with Gasteiger partial charge in [-0.3, -0.25) is 5.10 Å². The van der Waals surface area contributed by atoms with Gasteiger partial charge in [0, 0.05) is 13.6 Å². The lowest BCUT2D eigenvalue weighted by Gasteiger charge is -2.14. The van der Waals surface area contributed by atoms with Gasteiger partial charge in [0.15, 0.2) is 0 Å². The van der Waals surface area contributed by atoms with Crippen molar-refractivity contribution in [2.24, 2.45) is 0 Å². The third kappa shape index (κ3) is 2.73. The Hall–Kier alpha value is -1.59. The summed E-state index contributed by atoms with van der Waals surface area (Å²) < 4.78 is 0. The molecule has 0 atom stereocenters. The first kappa shape index (κ1) is 9.50. The second kappa shape index (κ2) is 4.44. The Bertz CT molecular complexity index is 258. The van der Waals surface area contributed by atoms with Gasteiger partial charge in [-0.25, -0.2) is 9.78 Å². The molecule has 0 bridgehead atoms. The van der Waals surface area contributed by atoms with Crippen LogP contribution in [0.15, 0.2) is 6.33 Å². The Morgan fingerprint density at radius 2 is 2.54 bits per heavy atom. The number of nitrogens with one attached hydrogen (secondary N) is 2. The van der Waals surface area contributed by atoms with E-state index in [0.717, 1.165) is 0 Å². The van der Waals surface area contributed by atoms with Crippen LogP contribution in [-0.4, -0.2) is 39.7 Å². The molecule has 2 amide bonds. The van der Waals surface area contributed by atoms with Gasteiger partial charge in [0.25, 0.3) is 0 Å². The fraction of sp³-hybridized carbons (Fsp3) is 0.571. The lowest BCUT2D eigenvalue weighted by atomic mass is 10.6. The smallest absolute Gasteiger partial charge is 0.317 e. The van der Waals surface area contributed by atoms with Crippen LogP contribution in [-0.2, 0) is 6.54 Å². The molecule has 0 aliphatic heterocycles. The lowest BCUT2D eigenvalue weighted by molar-refractivity contribution is 0.210. The summed E-state index contributed by atoms with van der Waals surface area (Å²) in [6, 6.07) is -0.112. The molecule has 0 aliphatic rings. The topological polar surface area (TPSA) is 73.9 Å². The number of amides is 2. The minimum Gasteiger partial charge on any atom is -0.331 e. The van der Waals surface area contributed by atoms with Crippen molar-refractivity contribution in [3.63, 3.8) is 0 Å². The van der Waals surface area contributed by atoms with Gasteiger partial charge in [-0.05, 0) is 6.92 Å². The fourth-order valence-electron chi connectivity index (χ4n) is 0.754. The molecule has 0 aromatic carbocycles. The molecule has 6 heteroatoms. The summed E-state index contributed by atoms with van der Waals surface area (Å²) in [5, 5.41) is 9.01. The zero-order chi connectivity index (χ0) is 9.68. The molecule has 13 heavy (non-hydrogen) atoms. The highest BCUT2D eigenvalue weighted by molar-refractivity contribution is 5.73. The van der Waals surface area contributed by atoms with Gasteiger partial charge in [0.05, 0.1) is 6.54 Å². The van der Waals surface area contributed by atoms with Crippen molar-refractivity contribution in [1.29, 1.82) is 0 Å². The third-order valence-electron chi connectivity index (χ3n) is 1.69. The van der Waals surface area contributed by atoms with Crippen LogP contribution >= 0.6 is 0 Å². The molecule has 0 fully saturated rings. The van der Waals surface area contributed by atoms with Crippen LogP contribution in [0.4, 0.5) is 4.79 Å². The first-order chi connectivity index (χ1) is 6.24. The van der Waals surface area contributed by atoms with Crippen molar-refractivity contribution in [3.05, 3.63) is 12.2 Å². The quantitative estimate of drug-likeness (QED) is 0.690. The van der Waals surface area contributed by atoms with E-state index in [9.17, 15) is 4.79 Å². The monoisotopic (exact) mass is 183 g/mol. The summed E-state index contributed by atoms with van der Waals surface area (Å²) in [6.07, 6.45) is 1.41. The van der Waals surface area contributed by atoms with E-state index in [4.69, 9.17) is 0 Å². The molecule has 0 saturated carbocycles. The van der Waals surface area contributed by atoms with Gasteiger partial charge in [-0.15, -0.1) is 0 Å². The predicted molar refractivity (Wildman–Crippen MR) is 46.9 cm³/mol. The van der Waals surface area contributed by atoms with E-state index in [-0.39, 0.29) is 6.03 Å². The highest BCUT2D eigenvalue weighted by Crippen LogP contribution is 1.87. The molecule has 0 aliphatic carbocycles. The maximum absolute atomic E-state index is 11.2. The maximum atomic E-state index is 11.2. The summed E-state index contributed by atoms with van der Waals surface area (Å²) in [4.78, 5) is 16.7. The molecule has 1 aromatic rings. The van der Waals surface area contributed by atoms with Crippen LogP contribution in [0, 0.1) is 0 Å². The molecule has 0 radical (unpaired) electrons. The Morgan fingerprint density at radius 3 is 3.08 bits per heavy atom. The number of H-pyrrole nitrogens is 1. The largest absolute Gasteiger partial charge is 0.331 e. The first-order valence-electron chi connectivity index (χ1n) is 4.07. The first-order valence-corrected chi connectivity index (χ1v) is 4.07. The minimum atomic E-state index is -0.112. The number of rotatable bonds is 3. The number of aromatic amines is 1. The summed E-state index contributed by atoms with van der Waals surface area (Å²) in [6.45, 7) is 2.97. The van der Waals surface area contributed by atoms with E-state index in [0.29, 0.717) is 18.9 Å². The van der Waals surface area contributed by atoms with E-state index < -0.39 is 0 Å². The van der Waals surface area contributed by atoms with Gasteiger partial charge in [0.1, 0.15) is 12.2 Å². The van der Waals surface area contributed by atoms with Crippen LogP contribution in [0.5, 0.6) is 0 Å². The third-order valence-corrected chi connectivity index (χ3v) is 1.69. The zero-order valence-corrected chi connectivity index (χ0v) is 7.74. The van der Waals surface area contributed by atoms with Gasteiger partial charge in [0.2, 0.25) is 0 Å². The van der Waals surface area contributed by atoms with Gasteiger partial charge >= 0.3 is 6.03 Å². The highest BCUT2D eigenvalue weighted by Gasteiger charge is 2.05. The summed E-state index contributed by atoms with van der Waals surface area (Å²) >= 11 is 0. The number of carbonyl (C=O) groups excluding carboxylic acids is 1. The summed E-state index contributed by atoms with van der Waals surface area (Å²) in [7, 11) is 1.73. The van der Waals surface area contributed by atoms with E-state index in [1.54, 1.807) is 11.9 Å². The van der Waals surface area contributed by atoms with Crippen molar-refractivity contribution in [1.82, 2.24) is 25.4 Å². The Balaban J connectivity index is 2.31. The molecular formula is C7H13N5O. The van der Waals surface area contributed by atoms with Gasteiger partial charge < -0.3 is 10.2 Å². The molecule has 2 N–H and O–H groups in total. The molecule has 1 heterocycles. The predicted octanol–water partition coefficient (Wildman–Crippen LogP) is -0.0340. The fourth-order valence-corrected chi connectivity index (χ4v) is 0.754. The molecule has 72 valence electrons. The molecule has 0 saturated heterocycles. The Morgan fingerprint density at radius 1 is 1.77 bits per heavy atom. The van der Waals surface area contributed by atoms with Crippen molar-refractivity contribution < 1.29 is 4.79 Å². The Labute approximate surface area is 76.3 Å². The highest BCUT2D eigenvalue weighted by atomic mass is 16.2. The lowest BCUT2D eigenvalue weighted by Crippen LogP contribution is -2.36. The van der Waals surface area contributed by atoms with Gasteiger partial charge in [-0.1, -0.05) is 0 Å². The second-order valence-corrected chi connectivity index (χ2v) is 2.61. The van der Waals surface area contributed by atoms with E-state index in [2.05, 4.69) is 20.5 Å². The van der Waals surface area contributed by atoms with Crippen molar-refractivity contribution >= 4 is 6.03 Å².